The number of carbonyl (C=O) groups excluding carboxylic acids is 2. The molecule has 3 atom stereocenters. The summed E-state index contributed by atoms with van der Waals surface area (Å²) < 4.78 is 34.2. The highest BCUT2D eigenvalue weighted by Crippen LogP contribution is 2.43. The van der Waals surface area contributed by atoms with Crippen molar-refractivity contribution in [2.75, 3.05) is 47.5 Å². The lowest BCUT2D eigenvalue weighted by molar-refractivity contribution is -0.870. The number of ether oxygens (including phenoxy) is 2. The molecule has 0 aromatic carbocycles. The summed E-state index contributed by atoms with van der Waals surface area (Å²) in [6.45, 7) is 3.96. The topological polar surface area (TPSA) is 129 Å². The van der Waals surface area contributed by atoms with Gasteiger partial charge in [-0.25, -0.2) is 4.57 Å². The highest BCUT2D eigenvalue weighted by molar-refractivity contribution is 7.47. The van der Waals surface area contributed by atoms with Crippen molar-refractivity contribution in [1.82, 2.24) is 0 Å². The van der Waals surface area contributed by atoms with E-state index in [-0.39, 0.29) is 32.2 Å². The molecule has 0 fully saturated rings. The molecular weight excluding hydrogens is 765 g/mol. The van der Waals surface area contributed by atoms with Crippen LogP contribution in [0.2, 0.25) is 0 Å². The highest BCUT2D eigenvalue weighted by atomic mass is 31.2. The predicted octanol–water partition coefficient (Wildman–Crippen LogP) is 11.8. The molecule has 0 radical (unpaired) electrons. The third-order valence-electron chi connectivity index (χ3n) is 9.07. The van der Waals surface area contributed by atoms with Gasteiger partial charge in [0.1, 0.15) is 19.8 Å². The van der Waals surface area contributed by atoms with Gasteiger partial charge in [0.15, 0.2) is 6.10 Å². The van der Waals surface area contributed by atoms with Gasteiger partial charge in [-0.1, -0.05) is 144 Å². The highest BCUT2D eigenvalue weighted by Gasteiger charge is 2.27. The van der Waals surface area contributed by atoms with E-state index < -0.39 is 32.5 Å². The Hall–Kier alpha value is -2.85. The first-order valence-electron chi connectivity index (χ1n) is 22.4. The summed E-state index contributed by atoms with van der Waals surface area (Å²) in [6, 6.07) is 0. The second-order valence-electron chi connectivity index (χ2n) is 15.9. The van der Waals surface area contributed by atoms with Crippen LogP contribution in [0.1, 0.15) is 149 Å². The molecule has 11 heteroatoms. The minimum atomic E-state index is -4.41. The van der Waals surface area contributed by atoms with Crippen LogP contribution in [-0.4, -0.2) is 86.1 Å². The van der Waals surface area contributed by atoms with Crippen LogP contribution < -0.4 is 0 Å². The van der Waals surface area contributed by atoms with Crippen LogP contribution in [0.5, 0.6) is 0 Å². The molecule has 0 aliphatic carbocycles. The molecule has 0 aliphatic rings. The van der Waals surface area contributed by atoms with Crippen LogP contribution in [-0.2, 0) is 32.7 Å². The molecule has 0 aromatic heterocycles. The average molecular weight is 849 g/mol. The van der Waals surface area contributed by atoms with Crippen molar-refractivity contribution in [3.63, 3.8) is 0 Å². The monoisotopic (exact) mass is 849 g/mol. The van der Waals surface area contributed by atoms with Crippen LogP contribution in [0.4, 0.5) is 0 Å². The fourth-order valence-corrected chi connectivity index (χ4v) is 6.12. The zero-order chi connectivity index (χ0) is 43.7. The van der Waals surface area contributed by atoms with E-state index in [1.165, 1.54) is 44.9 Å². The van der Waals surface area contributed by atoms with E-state index in [0.29, 0.717) is 36.7 Å². The van der Waals surface area contributed by atoms with Crippen molar-refractivity contribution in [1.29, 1.82) is 0 Å². The van der Waals surface area contributed by atoms with Gasteiger partial charge in [-0.3, -0.25) is 18.6 Å². The van der Waals surface area contributed by atoms with Crippen LogP contribution in [0, 0.1) is 0 Å². The number of phosphoric acid groups is 1. The van der Waals surface area contributed by atoms with Gasteiger partial charge >= 0.3 is 19.8 Å². The van der Waals surface area contributed by atoms with E-state index in [2.05, 4.69) is 61.6 Å². The van der Waals surface area contributed by atoms with Crippen molar-refractivity contribution in [2.24, 2.45) is 0 Å². The number of likely N-dealkylation sites (N-methyl/N-ethyl adjacent to an activating group) is 1. The molecule has 0 saturated carbocycles. The lowest BCUT2D eigenvalue weighted by Gasteiger charge is -2.24. The third-order valence-corrected chi connectivity index (χ3v) is 10.1. The number of nitrogens with zero attached hydrogens (tertiary/aromatic N) is 1. The quantitative estimate of drug-likeness (QED) is 0.0155. The van der Waals surface area contributed by atoms with Gasteiger partial charge in [0, 0.05) is 12.8 Å². The zero-order valence-electron chi connectivity index (χ0n) is 37.6. The normalized spacial score (nSPS) is 14.9. The molecule has 0 bridgehead atoms. The molecule has 0 heterocycles. The lowest BCUT2D eigenvalue weighted by Crippen LogP contribution is -2.37. The van der Waals surface area contributed by atoms with Gasteiger partial charge in [0.05, 0.1) is 33.9 Å². The number of allylic oxidation sites excluding steroid dienone is 13. The number of aliphatic hydroxyl groups is 1. The van der Waals surface area contributed by atoms with Gasteiger partial charge in [-0.15, -0.1) is 0 Å². The molecule has 0 rings (SSSR count). The number of unbranched alkanes of at least 4 members (excludes halogenated alkanes) is 11. The van der Waals surface area contributed by atoms with E-state index in [0.717, 1.165) is 51.4 Å². The lowest BCUT2D eigenvalue weighted by atomic mass is 10.1. The van der Waals surface area contributed by atoms with Crippen molar-refractivity contribution < 1.29 is 47.2 Å². The van der Waals surface area contributed by atoms with Crippen LogP contribution in [0.25, 0.3) is 0 Å². The summed E-state index contributed by atoms with van der Waals surface area (Å²) >= 11 is 0. The minimum absolute atomic E-state index is 0.00857. The Morgan fingerprint density at radius 1 is 0.610 bits per heavy atom. The fourth-order valence-electron chi connectivity index (χ4n) is 5.38. The number of hydrogen-bond acceptors (Lipinski definition) is 8. The van der Waals surface area contributed by atoms with Gasteiger partial charge in [-0.05, 0) is 77.0 Å². The van der Waals surface area contributed by atoms with Crippen LogP contribution >= 0.6 is 7.82 Å². The largest absolute Gasteiger partial charge is 0.472 e. The number of quaternary nitrogens is 1. The smallest absolute Gasteiger partial charge is 0.462 e. The molecule has 10 nitrogen and oxygen atoms in total. The Morgan fingerprint density at radius 2 is 1.12 bits per heavy atom. The number of hydrogen-bond donors (Lipinski definition) is 2. The molecular formula is C48H83NO9P+. The van der Waals surface area contributed by atoms with Gasteiger partial charge < -0.3 is 24.0 Å². The van der Waals surface area contributed by atoms with E-state index in [4.69, 9.17) is 18.5 Å². The summed E-state index contributed by atoms with van der Waals surface area (Å²) in [5.74, 6) is -0.903. The Labute approximate surface area is 359 Å². The van der Waals surface area contributed by atoms with Crippen molar-refractivity contribution in [3.8, 4) is 0 Å². The first-order chi connectivity index (χ1) is 28.4. The molecule has 0 aromatic rings. The fraction of sp³-hybridized carbons (Fsp3) is 0.667. The van der Waals surface area contributed by atoms with E-state index in [1.807, 2.05) is 52.4 Å². The Kier molecular flexibility index (Phi) is 37.4. The minimum Gasteiger partial charge on any atom is -0.462 e. The Morgan fingerprint density at radius 3 is 1.69 bits per heavy atom. The standard InChI is InChI=1S/C48H82NO9P/c1-6-8-9-10-11-12-13-14-15-16-17-21-24-27-30-33-36-39-47(51)55-43-46(44-57-59(53,54)56-42-41-49(3,4)5)58-48(52)40-37-34-31-28-25-22-19-18-20-23-26-29-32-35-38-45(50)7-2/h11-12,14-15,19-20,22-23,28-29,31-32,35,38,45-46,50H,6-10,13,16-18,21,24-27,30,33-34,36-37,39-44H2,1-5H3/p+1/b12-11-,15-14-,22-19-,23-20-,31-28-,32-29-,38-35+/t45-,46-/m1/s1. The summed E-state index contributed by atoms with van der Waals surface area (Å²) in [7, 11) is 1.40. The second-order valence-corrected chi connectivity index (χ2v) is 17.3. The summed E-state index contributed by atoms with van der Waals surface area (Å²) in [5, 5.41) is 9.49. The van der Waals surface area contributed by atoms with Crippen LogP contribution in [0.15, 0.2) is 85.1 Å². The maximum absolute atomic E-state index is 12.7. The number of phosphoric ester groups is 1. The van der Waals surface area contributed by atoms with Crippen LogP contribution in [0.3, 0.4) is 0 Å². The van der Waals surface area contributed by atoms with Gasteiger partial charge in [-0.2, -0.15) is 0 Å². The molecule has 0 amide bonds. The first kappa shape index (κ1) is 56.1. The molecule has 59 heavy (non-hydrogen) atoms. The summed E-state index contributed by atoms with van der Waals surface area (Å²) in [5.41, 5.74) is 0. The molecule has 2 N–H and O–H groups in total. The third kappa shape index (κ3) is 43.1. The number of carbonyl (C=O) groups is 2. The molecule has 0 aliphatic heterocycles. The number of aliphatic hydroxyl groups excluding tert-OH is 1. The second kappa shape index (κ2) is 39.3. The first-order valence-corrected chi connectivity index (χ1v) is 23.9. The molecule has 1 unspecified atom stereocenters. The van der Waals surface area contributed by atoms with Gasteiger partial charge in [0.2, 0.25) is 0 Å². The van der Waals surface area contributed by atoms with E-state index in [1.54, 1.807) is 6.08 Å². The van der Waals surface area contributed by atoms with Crippen molar-refractivity contribution in [2.45, 2.75) is 161 Å². The number of rotatable bonds is 39. The average Bonchev–Trinajstić information content (AvgIpc) is 3.19. The Balaban J connectivity index is 4.49. The number of esters is 2. The van der Waals surface area contributed by atoms with E-state index in [9.17, 15) is 24.2 Å². The van der Waals surface area contributed by atoms with Crippen molar-refractivity contribution >= 4 is 19.8 Å². The van der Waals surface area contributed by atoms with Crippen molar-refractivity contribution in [3.05, 3.63) is 85.1 Å². The SMILES string of the molecule is CCCCC/C=C\C/C=C\CCCCCCCCCC(=O)OC[C@H](COP(=O)(O)OCC[N+](C)(C)C)OC(=O)CCC/C=C\C/C=C\C/C=C\C/C=C\C=C\[C@H](O)CC. The molecule has 0 saturated heterocycles. The predicted molar refractivity (Wildman–Crippen MR) is 244 cm³/mol. The Bertz CT molecular complexity index is 1300. The molecule has 0 spiro atoms. The summed E-state index contributed by atoms with van der Waals surface area (Å²) in [4.78, 5) is 35.4. The van der Waals surface area contributed by atoms with E-state index >= 15 is 0 Å². The maximum atomic E-state index is 12.7. The summed E-state index contributed by atoms with van der Waals surface area (Å²) in [6.07, 6.45) is 47.3. The zero-order valence-corrected chi connectivity index (χ0v) is 38.5. The molecule has 338 valence electrons. The van der Waals surface area contributed by atoms with Gasteiger partial charge in [0.25, 0.3) is 0 Å². The maximum Gasteiger partial charge on any atom is 0.472 e.